The molecule has 3 nitrogen and oxygen atoms in total. The van der Waals surface area contributed by atoms with Gasteiger partial charge in [-0.2, -0.15) is 0 Å². The highest BCUT2D eigenvalue weighted by atomic mass is 16.7. The minimum Gasteiger partial charge on any atom is -0.373 e. The van der Waals surface area contributed by atoms with E-state index in [1.54, 1.807) is 7.11 Å². The Morgan fingerprint density at radius 2 is 2.36 bits per heavy atom. The van der Waals surface area contributed by atoms with Gasteiger partial charge in [0.25, 0.3) is 0 Å². The van der Waals surface area contributed by atoms with E-state index < -0.39 is 5.79 Å². The molecule has 2 aliphatic rings. The SMILES string of the molecule is COC1(OCCC2CO2)C=CC=CC1. The molecule has 78 valence electrons. The Balaban J connectivity index is 1.78. The van der Waals surface area contributed by atoms with Gasteiger partial charge in [0, 0.05) is 13.5 Å². The van der Waals surface area contributed by atoms with Gasteiger partial charge in [-0.25, -0.2) is 0 Å². The number of methoxy groups -OCH3 is 1. The second-order valence-electron chi connectivity index (χ2n) is 3.60. The van der Waals surface area contributed by atoms with E-state index in [9.17, 15) is 0 Å². The fraction of sp³-hybridized carbons (Fsp3) is 0.636. The molecule has 0 aromatic heterocycles. The van der Waals surface area contributed by atoms with Crippen LogP contribution in [0.15, 0.2) is 24.3 Å². The average Bonchev–Trinajstić information content (AvgIpc) is 3.03. The summed E-state index contributed by atoms with van der Waals surface area (Å²) in [5.74, 6) is -0.538. The van der Waals surface area contributed by atoms with Crippen molar-refractivity contribution in [2.24, 2.45) is 0 Å². The molecule has 2 atom stereocenters. The first-order valence-corrected chi connectivity index (χ1v) is 5.00. The van der Waals surface area contributed by atoms with Crippen LogP contribution in [0, 0.1) is 0 Å². The molecule has 1 aliphatic carbocycles. The molecule has 1 fully saturated rings. The molecule has 14 heavy (non-hydrogen) atoms. The van der Waals surface area contributed by atoms with Crippen LogP contribution < -0.4 is 0 Å². The molecular weight excluding hydrogens is 180 g/mol. The third kappa shape index (κ3) is 2.44. The number of epoxide rings is 1. The lowest BCUT2D eigenvalue weighted by atomic mass is 10.1. The van der Waals surface area contributed by atoms with Gasteiger partial charge in [-0.3, -0.25) is 0 Å². The van der Waals surface area contributed by atoms with Crippen LogP contribution in [0.1, 0.15) is 12.8 Å². The summed E-state index contributed by atoms with van der Waals surface area (Å²) in [7, 11) is 1.68. The third-order valence-corrected chi connectivity index (χ3v) is 2.53. The zero-order valence-corrected chi connectivity index (χ0v) is 8.44. The molecule has 0 amide bonds. The first kappa shape index (κ1) is 9.90. The van der Waals surface area contributed by atoms with Gasteiger partial charge in [0.15, 0.2) is 5.79 Å². The van der Waals surface area contributed by atoms with Crippen LogP contribution in [-0.2, 0) is 14.2 Å². The number of rotatable bonds is 5. The first-order chi connectivity index (χ1) is 6.85. The molecule has 0 aromatic carbocycles. The zero-order valence-electron chi connectivity index (χ0n) is 8.44. The van der Waals surface area contributed by atoms with E-state index >= 15 is 0 Å². The molecule has 2 unspecified atom stereocenters. The molecule has 2 rings (SSSR count). The molecule has 0 N–H and O–H groups in total. The number of hydrogen-bond acceptors (Lipinski definition) is 3. The Hall–Kier alpha value is -0.640. The van der Waals surface area contributed by atoms with Crippen molar-refractivity contribution in [1.82, 2.24) is 0 Å². The smallest absolute Gasteiger partial charge is 0.191 e. The summed E-state index contributed by atoms with van der Waals surface area (Å²) < 4.78 is 16.2. The standard InChI is InChI=1S/C11H16O3/c1-12-11(6-3-2-4-7-11)14-8-5-10-9-13-10/h2-4,6,10H,5,7-9H2,1H3. The van der Waals surface area contributed by atoms with Crippen LogP contribution in [0.5, 0.6) is 0 Å². The van der Waals surface area contributed by atoms with Crippen LogP contribution in [-0.4, -0.2) is 32.2 Å². The summed E-state index contributed by atoms with van der Waals surface area (Å²) in [6.45, 7) is 1.58. The second kappa shape index (κ2) is 4.26. The van der Waals surface area contributed by atoms with Crippen molar-refractivity contribution in [3.05, 3.63) is 24.3 Å². The van der Waals surface area contributed by atoms with Gasteiger partial charge in [-0.15, -0.1) is 0 Å². The maximum atomic E-state index is 5.73. The van der Waals surface area contributed by atoms with Crippen LogP contribution in [0.4, 0.5) is 0 Å². The van der Waals surface area contributed by atoms with Crippen LogP contribution >= 0.6 is 0 Å². The van der Waals surface area contributed by atoms with Gasteiger partial charge < -0.3 is 14.2 Å². The van der Waals surface area contributed by atoms with Crippen molar-refractivity contribution in [3.8, 4) is 0 Å². The summed E-state index contributed by atoms with van der Waals surface area (Å²) in [6, 6.07) is 0. The molecule has 1 saturated heterocycles. The lowest BCUT2D eigenvalue weighted by Gasteiger charge is -2.29. The van der Waals surface area contributed by atoms with E-state index in [0.717, 1.165) is 19.4 Å². The van der Waals surface area contributed by atoms with Crippen molar-refractivity contribution in [1.29, 1.82) is 0 Å². The molecular formula is C11H16O3. The van der Waals surface area contributed by atoms with Crippen molar-refractivity contribution in [2.45, 2.75) is 24.7 Å². The summed E-state index contributed by atoms with van der Waals surface area (Å²) in [6.07, 6.45) is 10.1. The van der Waals surface area contributed by atoms with E-state index in [-0.39, 0.29) is 0 Å². The molecule has 0 bridgehead atoms. The van der Waals surface area contributed by atoms with Gasteiger partial charge in [0.1, 0.15) is 0 Å². The van der Waals surface area contributed by atoms with Gasteiger partial charge in [-0.1, -0.05) is 18.2 Å². The zero-order chi connectivity index (χ0) is 9.86. The minimum absolute atomic E-state index is 0.423. The first-order valence-electron chi connectivity index (χ1n) is 5.00. The highest BCUT2D eigenvalue weighted by Crippen LogP contribution is 2.24. The number of hydrogen-bond donors (Lipinski definition) is 0. The van der Waals surface area contributed by atoms with Crippen LogP contribution in [0.3, 0.4) is 0 Å². The molecule has 1 aliphatic heterocycles. The normalized spacial score (nSPS) is 34.8. The van der Waals surface area contributed by atoms with E-state index in [1.165, 1.54) is 0 Å². The average molecular weight is 196 g/mol. The largest absolute Gasteiger partial charge is 0.373 e. The monoisotopic (exact) mass is 196 g/mol. The van der Waals surface area contributed by atoms with Gasteiger partial charge in [0.2, 0.25) is 0 Å². The minimum atomic E-state index is -0.538. The predicted octanol–water partition coefficient (Wildman–Crippen LogP) is 1.65. The molecule has 0 radical (unpaired) electrons. The van der Waals surface area contributed by atoms with Crippen molar-refractivity contribution in [3.63, 3.8) is 0 Å². The number of allylic oxidation sites excluding steroid dienone is 2. The Bertz CT molecular complexity index is 243. The Morgan fingerprint density at radius 1 is 1.50 bits per heavy atom. The molecule has 0 aromatic rings. The molecule has 3 heteroatoms. The fourth-order valence-electron chi connectivity index (χ4n) is 1.50. The Morgan fingerprint density at radius 3 is 2.93 bits per heavy atom. The Kier molecular flexibility index (Phi) is 3.01. The summed E-state index contributed by atoms with van der Waals surface area (Å²) in [4.78, 5) is 0. The molecule has 0 spiro atoms. The van der Waals surface area contributed by atoms with Crippen molar-refractivity contribution < 1.29 is 14.2 Å². The van der Waals surface area contributed by atoms with Gasteiger partial charge in [0.05, 0.1) is 19.3 Å². The highest BCUT2D eigenvalue weighted by Gasteiger charge is 2.29. The molecule has 0 saturated carbocycles. The van der Waals surface area contributed by atoms with Crippen LogP contribution in [0.2, 0.25) is 0 Å². The van der Waals surface area contributed by atoms with Gasteiger partial charge >= 0.3 is 0 Å². The summed E-state index contributed by atoms with van der Waals surface area (Å²) >= 11 is 0. The van der Waals surface area contributed by atoms with Gasteiger partial charge in [-0.05, 0) is 12.5 Å². The molecule has 1 heterocycles. The highest BCUT2D eigenvalue weighted by molar-refractivity contribution is 5.15. The summed E-state index contributed by atoms with van der Waals surface area (Å²) in [5, 5.41) is 0. The van der Waals surface area contributed by atoms with Crippen molar-refractivity contribution in [2.75, 3.05) is 20.3 Å². The Labute approximate surface area is 84.3 Å². The van der Waals surface area contributed by atoms with Crippen molar-refractivity contribution >= 4 is 0 Å². The number of ether oxygens (including phenoxy) is 3. The van der Waals surface area contributed by atoms with Crippen LogP contribution in [0.25, 0.3) is 0 Å². The lowest BCUT2D eigenvalue weighted by Crippen LogP contribution is -2.33. The lowest BCUT2D eigenvalue weighted by molar-refractivity contribution is -0.187. The second-order valence-corrected chi connectivity index (χ2v) is 3.60. The maximum absolute atomic E-state index is 5.73. The topological polar surface area (TPSA) is 31.0 Å². The predicted molar refractivity (Wildman–Crippen MR) is 52.9 cm³/mol. The van der Waals surface area contributed by atoms with E-state index in [4.69, 9.17) is 14.2 Å². The van der Waals surface area contributed by atoms with E-state index in [2.05, 4.69) is 6.08 Å². The maximum Gasteiger partial charge on any atom is 0.191 e. The quantitative estimate of drug-likeness (QED) is 0.495. The van der Waals surface area contributed by atoms with E-state index in [0.29, 0.717) is 12.7 Å². The van der Waals surface area contributed by atoms with E-state index in [1.807, 2.05) is 18.2 Å². The summed E-state index contributed by atoms with van der Waals surface area (Å²) in [5.41, 5.74) is 0. The fourth-order valence-corrected chi connectivity index (χ4v) is 1.50. The third-order valence-electron chi connectivity index (χ3n) is 2.53.